The largest absolute Gasteiger partial charge is 0.507 e. The monoisotopic (exact) mass is 501 g/mol. The Morgan fingerprint density at radius 3 is 2.38 bits per heavy atom. The number of rotatable bonds is 11. The summed E-state index contributed by atoms with van der Waals surface area (Å²) < 4.78 is 16.6. The molecule has 4 rings (SSSR count). The number of amides is 1. The molecule has 0 aromatic heterocycles. The SMILES string of the molecule is CCOc1cccc(/C(O)=C2/C(=O)C(=O)N(CCCOC)C2c2ccc(OCc3ccccc3)cc2)c1. The summed E-state index contributed by atoms with van der Waals surface area (Å²) in [7, 11) is 1.59. The Bertz CT molecular complexity index is 1250. The minimum Gasteiger partial charge on any atom is -0.507 e. The zero-order chi connectivity index (χ0) is 26.2. The molecule has 3 aromatic rings. The van der Waals surface area contributed by atoms with Crippen molar-refractivity contribution < 1.29 is 28.9 Å². The molecular weight excluding hydrogens is 470 g/mol. The van der Waals surface area contributed by atoms with E-state index in [1.165, 1.54) is 4.90 Å². The Labute approximate surface area is 216 Å². The van der Waals surface area contributed by atoms with Crippen LogP contribution in [0.15, 0.2) is 84.4 Å². The highest BCUT2D eigenvalue weighted by Crippen LogP contribution is 2.40. The molecule has 0 spiro atoms. The summed E-state index contributed by atoms with van der Waals surface area (Å²) in [5.41, 5.74) is 2.21. The van der Waals surface area contributed by atoms with Gasteiger partial charge < -0.3 is 24.2 Å². The van der Waals surface area contributed by atoms with Crippen LogP contribution in [0.1, 0.15) is 36.1 Å². The number of methoxy groups -OCH3 is 1. The first kappa shape index (κ1) is 26.0. The number of carbonyl (C=O) groups is 2. The Morgan fingerprint density at radius 2 is 1.68 bits per heavy atom. The van der Waals surface area contributed by atoms with Crippen molar-refractivity contribution in [3.8, 4) is 11.5 Å². The number of carbonyl (C=O) groups excluding carboxylic acids is 2. The molecule has 1 heterocycles. The summed E-state index contributed by atoms with van der Waals surface area (Å²) in [6.45, 7) is 3.51. The zero-order valence-electron chi connectivity index (χ0n) is 21.1. The number of hydrogen-bond acceptors (Lipinski definition) is 6. The second kappa shape index (κ2) is 12.2. The Hall–Kier alpha value is -4.10. The van der Waals surface area contributed by atoms with E-state index in [1.807, 2.05) is 61.5 Å². The van der Waals surface area contributed by atoms with Crippen LogP contribution in [0.5, 0.6) is 11.5 Å². The summed E-state index contributed by atoms with van der Waals surface area (Å²) >= 11 is 0. The molecule has 0 aliphatic carbocycles. The quantitative estimate of drug-likeness (QED) is 0.170. The van der Waals surface area contributed by atoms with Crippen molar-refractivity contribution in [1.82, 2.24) is 4.90 Å². The molecule has 1 fully saturated rings. The minimum atomic E-state index is -0.740. The molecule has 0 radical (unpaired) electrons. The number of benzene rings is 3. The van der Waals surface area contributed by atoms with Gasteiger partial charge in [0, 0.05) is 25.8 Å². The standard InChI is InChI=1S/C30H31NO6/c1-3-36-25-12-7-11-23(19-25)28(32)26-27(31(17-8-18-35-2)30(34)29(26)33)22-13-15-24(16-14-22)37-20-21-9-5-4-6-10-21/h4-7,9-16,19,27,32H,3,8,17-18,20H2,1-2H3/b28-26-. The number of likely N-dealkylation sites (tertiary alicyclic amines) is 1. The van der Waals surface area contributed by atoms with Crippen LogP contribution >= 0.6 is 0 Å². The number of nitrogens with zero attached hydrogens (tertiary/aromatic N) is 1. The first-order chi connectivity index (χ1) is 18.0. The lowest BCUT2D eigenvalue weighted by Gasteiger charge is -2.25. The van der Waals surface area contributed by atoms with Crippen LogP contribution in [0.2, 0.25) is 0 Å². The highest BCUT2D eigenvalue weighted by molar-refractivity contribution is 6.46. The normalized spacial score (nSPS) is 16.7. The molecule has 1 aliphatic heterocycles. The molecule has 1 amide bonds. The molecule has 1 N–H and O–H groups in total. The van der Waals surface area contributed by atoms with E-state index in [-0.39, 0.29) is 11.3 Å². The Morgan fingerprint density at radius 1 is 0.919 bits per heavy atom. The van der Waals surface area contributed by atoms with E-state index in [0.717, 1.165) is 5.56 Å². The first-order valence-corrected chi connectivity index (χ1v) is 12.3. The van der Waals surface area contributed by atoms with E-state index in [0.29, 0.717) is 55.4 Å². The number of aliphatic hydroxyl groups excluding tert-OH is 1. The molecule has 3 aromatic carbocycles. The van der Waals surface area contributed by atoms with Gasteiger partial charge in [-0.15, -0.1) is 0 Å². The zero-order valence-corrected chi connectivity index (χ0v) is 21.1. The van der Waals surface area contributed by atoms with E-state index < -0.39 is 17.7 Å². The predicted octanol–water partition coefficient (Wildman–Crippen LogP) is 5.12. The lowest BCUT2D eigenvalue weighted by molar-refractivity contribution is -0.140. The van der Waals surface area contributed by atoms with Crippen LogP contribution < -0.4 is 9.47 Å². The minimum absolute atomic E-state index is 0.0500. The van der Waals surface area contributed by atoms with Crippen LogP contribution in [-0.2, 0) is 20.9 Å². The van der Waals surface area contributed by atoms with Crippen molar-refractivity contribution in [3.05, 3.63) is 101 Å². The van der Waals surface area contributed by atoms with Gasteiger partial charge in [0.25, 0.3) is 11.7 Å². The number of ether oxygens (including phenoxy) is 3. The molecule has 7 heteroatoms. The summed E-state index contributed by atoms with van der Waals surface area (Å²) in [5.74, 6) is -0.367. The van der Waals surface area contributed by atoms with Crippen molar-refractivity contribution in [2.45, 2.75) is 26.0 Å². The fourth-order valence-electron chi connectivity index (χ4n) is 4.38. The van der Waals surface area contributed by atoms with Gasteiger partial charge in [-0.05, 0) is 48.7 Å². The highest BCUT2D eigenvalue weighted by atomic mass is 16.5. The van der Waals surface area contributed by atoms with Gasteiger partial charge in [0.1, 0.15) is 23.9 Å². The lowest BCUT2D eigenvalue weighted by Crippen LogP contribution is -2.31. The van der Waals surface area contributed by atoms with Crippen molar-refractivity contribution in [2.75, 3.05) is 26.9 Å². The Kier molecular flexibility index (Phi) is 8.59. The second-order valence-electron chi connectivity index (χ2n) is 8.64. The summed E-state index contributed by atoms with van der Waals surface area (Å²) in [6.07, 6.45) is 0.554. The van der Waals surface area contributed by atoms with Gasteiger partial charge in [0.15, 0.2) is 0 Å². The summed E-state index contributed by atoms with van der Waals surface area (Å²) in [6, 6.07) is 23.2. The van der Waals surface area contributed by atoms with Gasteiger partial charge in [-0.3, -0.25) is 9.59 Å². The van der Waals surface area contributed by atoms with Gasteiger partial charge in [0.05, 0.1) is 18.2 Å². The Balaban J connectivity index is 1.67. The maximum Gasteiger partial charge on any atom is 0.295 e. The fraction of sp³-hybridized carbons (Fsp3) is 0.267. The van der Waals surface area contributed by atoms with E-state index >= 15 is 0 Å². The number of hydrogen-bond donors (Lipinski definition) is 1. The molecule has 192 valence electrons. The van der Waals surface area contributed by atoms with Gasteiger partial charge in [-0.25, -0.2) is 0 Å². The third-order valence-corrected chi connectivity index (χ3v) is 6.15. The lowest BCUT2D eigenvalue weighted by atomic mass is 9.95. The first-order valence-electron chi connectivity index (χ1n) is 12.3. The highest BCUT2D eigenvalue weighted by Gasteiger charge is 2.45. The summed E-state index contributed by atoms with van der Waals surface area (Å²) in [4.78, 5) is 27.8. The van der Waals surface area contributed by atoms with Crippen LogP contribution in [0, 0.1) is 0 Å². The second-order valence-corrected chi connectivity index (χ2v) is 8.64. The number of aliphatic hydroxyl groups is 1. The maximum absolute atomic E-state index is 13.2. The van der Waals surface area contributed by atoms with Crippen molar-refractivity contribution >= 4 is 17.4 Å². The molecule has 1 unspecified atom stereocenters. The van der Waals surface area contributed by atoms with Gasteiger partial charge in [0.2, 0.25) is 0 Å². The predicted molar refractivity (Wildman–Crippen MR) is 140 cm³/mol. The van der Waals surface area contributed by atoms with Gasteiger partial charge >= 0.3 is 0 Å². The van der Waals surface area contributed by atoms with Crippen LogP contribution in [0.25, 0.3) is 5.76 Å². The van der Waals surface area contributed by atoms with Gasteiger partial charge in [-0.2, -0.15) is 0 Å². The molecule has 1 aliphatic rings. The number of ketones is 1. The molecule has 0 saturated carbocycles. The average molecular weight is 502 g/mol. The van der Waals surface area contributed by atoms with Gasteiger partial charge in [-0.1, -0.05) is 54.6 Å². The topological polar surface area (TPSA) is 85.3 Å². The van der Waals surface area contributed by atoms with Crippen LogP contribution in [0.4, 0.5) is 0 Å². The van der Waals surface area contributed by atoms with Crippen molar-refractivity contribution in [3.63, 3.8) is 0 Å². The third kappa shape index (κ3) is 6.01. The maximum atomic E-state index is 13.2. The number of Topliss-reactive ketones (excluding diaryl/α,β-unsaturated/α-hetero) is 1. The van der Waals surface area contributed by atoms with Crippen LogP contribution in [-0.4, -0.2) is 48.6 Å². The fourth-order valence-corrected chi connectivity index (χ4v) is 4.38. The van der Waals surface area contributed by atoms with E-state index in [1.54, 1.807) is 31.4 Å². The van der Waals surface area contributed by atoms with Crippen LogP contribution in [0.3, 0.4) is 0 Å². The average Bonchev–Trinajstić information content (AvgIpc) is 3.18. The molecular formula is C30H31NO6. The van der Waals surface area contributed by atoms with E-state index in [9.17, 15) is 14.7 Å². The summed E-state index contributed by atoms with van der Waals surface area (Å²) in [5, 5.41) is 11.3. The van der Waals surface area contributed by atoms with E-state index in [2.05, 4.69) is 0 Å². The smallest absolute Gasteiger partial charge is 0.295 e. The van der Waals surface area contributed by atoms with Crippen molar-refractivity contribution in [2.24, 2.45) is 0 Å². The molecule has 7 nitrogen and oxygen atoms in total. The molecule has 37 heavy (non-hydrogen) atoms. The molecule has 0 bridgehead atoms. The molecule has 1 atom stereocenters. The third-order valence-electron chi connectivity index (χ3n) is 6.15. The van der Waals surface area contributed by atoms with Crippen molar-refractivity contribution in [1.29, 1.82) is 0 Å². The molecule has 1 saturated heterocycles. The van der Waals surface area contributed by atoms with E-state index in [4.69, 9.17) is 14.2 Å².